The van der Waals surface area contributed by atoms with Crippen LogP contribution in [-0.4, -0.2) is 34.4 Å². The standard InChI is InChI=1S/C15H20N4O2/c1-16-12-9-11(5-8-17-12)10-19-13(20)15(18-14(19)21)6-3-2-4-7-15/h5,8-9H,2-4,6-7,10H2,1H3,(H,16,17)(H,18,21). The second-order valence-corrected chi connectivity index (χ2v) is 5.76. The van der Waals surface area contributed by atoms with Crippen molar-refractivity contribution in [1.29, 1.82) is 0 Å². The molecule has 1 aliphatic carbocycles. The van der Waals surface area contributed by atoms with Crippen molar-refractivity contribution in [2.24, 2.45) is 0 Å². The zero-order valence-electron chi connectivity index (χ0n) is 12.2. The molecule has 6 heteroatoms. The number of anilines is 1. The zero-order valence-corrected chi connectivity index (χ0v) is 12.2. The van der Waals surface area contributed by atoms with Crippen molar-refractivity contribution in [2.75, 3.05) is 12.4 Å². The van der Waals surface area contributed by atoms with Gasteiger partial charge in [0.25, 0.3) is 5.91 Å². The summed E-state index contributed by atoms with van der Waals surface area (Å²) in [6, 6.07) is 3.41. The summed E-state index contributed by atoms with van der Waals surface area (Å²) >= 11 is 0. The van der Waals surface area contributed by atoms with Gasteiger partial charge in [-0.15, -0.1) is 0 Å². The lowest BCUT2D eigenvalue weighted by Crippen LogP contribution is -2.48. The molecule has 2 heterocycles. The van der Waals surface area contributed by atoms with Crippen molar-refractivity contribution in [3.8, 4) is 0 Å². The lowest BCUT2D eigenvalue weighted by Gasteiger charge is -2.30. The number of rotatable bonds is 3. The van der Waals surface area contributed by atoms with Gasteiger partial charge in [-0.25, -0.2) is 9.78 Å². The molecular weight excluding hydrogens is 268 g/mol. The highest BCUT2D eigenvalue weighted by atomic mass is 16.2. The van der Waals surface area contributed by atoms with Crippen molar-refractivity contribution >= 4 is 17.8 Å². The number of carbonyl (C=O) groups excluding carboxylic acids is 2. The van der Waals surface area contributed by atoms with Gasteiger partial charge in [0.1, 0.15) is 11.4 Å². The van der Waals surface area contributed by atoms with E-state index in [0.717, 1.165) is 43.5 Å². The Morgan fingerprint density at radius 1 is 1.33 bits per heavy atom. The summed E-state index contributed by atoms with van der Waals surface area (Å²) in [5.41, 5.74) is 0.250. The van der Waals surface area contributed by atoms with Crippen LogP contribution in [0.15, 0.2) is 18.3 Å². The lowest BCUT2D eigenvalue weighted by atomic mass is 9.82. The Bertz CT molecular complexity index is 567. The molecule has 1 aromatic heterocycles. The molecule has 0 unspecified atom stereocenters. The molecule has 0 bridgehead atoms. The molecule has 1 saturated heterocycles. The highest BCUT2D eigenvalue weighted by Crippen LogP contribution is 2.34. The number of nitrogens with zero attached hydrogens (tertiary/aromatic N) is 2. The van der Waals surface area contributed by atoms with E-state index in [0.29, 0.717) is 6.54 Å². The molecule has 21 heavy (non-hydrogen) atoms. The van der Waals surface area contributed by atoms with Gasteiger partial charge in [-0.05, 0) is 30.5 Å². The molecule has 2 fully saturated rings. The average Bonchev–Trinajstić information content (AvgIpc) is 2.73. The summed E-state index contributed by atoms with van der Waals surface area (Å²) in [5, 5.41) is 5.88. The fourth-order valence-corrected chi connectivity index (χ4v) is 3.21. The Labute approximate surface area is 123 Å². The quantitative estimate of drug-likeness (QED) is 0.833. The monoisotopic (exact) mass is 288 g/mol. The van der Waals surface area contributed by atoms with Gasteiger partial charge in [0, 0.05) is 13.2 Å². The Kier molecular flexibility index (Phi) is 3.53. The lowest BCUT2D eigenvalue weighted by molar-refractivity contribution is -0.132. The third-order valence-corrected chi connectivity index (χ3v) is 4.37. The van der Waals surface area contributed by atoms with Crippen LogP contribution in [0.1, 0.15) is 37.7 Å². The minimum atomic E-state index is -0.645. The van der Waals surface area contributed by atoms with Gasteiger partial charge >= 0.3 is 6.03 Å². The van der Waals surface area contributed by atoms with E-state index in [1.807, 2.05) is 12.1 Å². The van der Waals surface area contributed by atoms with Gasteiger partial charge in [0.15, 0.2) is 0 Å². The fraction of sp³-hybridized carbons (Fsp3) is 0.533. The third kappa shape index (κ3) is 2.46. The number of aromatic nitrogens is 1. The van der Waals surface area contributed by atoms with E-state index in [4.69, 9.17) is 0 Å². The van der Waals surface area contributed by atoms with Crippen LogP contribution in [0.2, 0.25) is 0 Å². The number of urea groups is 1. The number of amides is 3. The fourth-order valence-electron chi connectivity index (χ4n) is 3.21. The highest BCUT2D eigenvalue weighted by molar-refractivity contribution is 6.07. The van der Waals surface area contributed by atoms with Crippen molar-refractivity contribution in [1.82, 2.24) is 15.2 Å². The van der Waals surface area contributed by atoms with Crippen LogP contribution < -0.4 is 10.6 Å². The molecule has 1 aliphatic heterocycles. The largest absolute Gasteiger partial charge is 0.373 e. The van der Waals surface area contributed by atoms with Gasteiger partial charge < -0.3 is 10.6 Å². The summed E-state index contributed by atoms with van der Waals surface area (Å²) in [7, 11) is 1.79. The SMILES string of the molecule is CNc1cc(CN2C(=O)NC3(CCCCC3)C2=O)ccn1. The molecule has 0 aromatic carbocycles. The summed E-state index contributed by atoms with van der Waals surface area (Å²) < 4.78 is 0. The topological polar surface area (TPSA) is 74.3 Å². The van der Waals surface area contributed by atoms with Crippen LogP contribution in [-0.2, 0) is 11.3 Å². The summed E-state index contributed by atoms with van der Waals surface area (Å²) in [6.45, 7) is 0.295. The number of carbonyl (C=O) groups is 2. The molecule has 112 valence electrons. The minimum Gasteiger partial charge on any atom is -0.373 e. The number of hydrogen-bond donors (Lipinski definition) is 2. The molecule has 3 rings (SSSR count). The number of nitrogens with one attached hydrogen (secondary N) is 2. The first-order valence-electron chi connectivity index (χ1n) is 7.41. The molecule has 2 N–H and O–H groups in total. The maximum Gasteiger partial charge on any atom is 0.325 e. The van der Waals surface area contributed by atoms with E-state index >= 15 is 0 Å². The van der Waals surface area contributed by atoms with Gasteiger partial charge in [-0.2, -0.15) is 0 Å². The predicted octanol–water partition coefficient (Wildman–Crippen LogP) is 1.88. The van der Waals surface area contributed by atoms with Crippen molar-refractivity contribution in [2.45, 2.75) is 44.2 Å². The molecule has 1 saturated carbocycles. The Balaban J connectivity index is 1.79. The summed E-state index contributed by atoms with van der Waals surface area (Å²) in [4.78, 5) is 30.3. The van der Waals surface area contributed by atoms with E-state index < -0.39 is 5.54 Å². The van der Waals surface area contributed by atoms with E-state index in [1.54, 1.807) is 13.2 Å². The Morgan fingerprint density at radius 3 is 2.81 bits per heavy atom. The van der Waals surface area contributed by atoms with Crippen LogP contribution in [0, 0.1) is 0 Å². The smallest absolute Gasteiger partial charge is 0.325 e. The first-order valence-corrected chi connectivity index (χ1v) is 7.41. The second kappa shape index (κ2) is 5.35. The first-order chi connectivity index (χ1) is 10.1. The maximum absolute atomic E-state index is 12.7. The van der Waals surface area contributed by atoms with Crippen molar-refractivity contribution < 1.29 is 9.59 Å². The molecule has 1 spiro atoms. The maximum atomic E-state index is 12.7. The van der Waals surface area contributed by atoms with Crippen LogP contribution in [0.3, 0.4) is 0 Å². The third-order valence-electron chi connectivity index (χ3n) is 4.37. The molecule has 0 atom stereocenters. The van der Waals surface area contributed by atoms with E-state index in [9.17, 15) is 9.59 Å². The Hall–Kier alpha value is -2.11. The predicted molar refractivity (Wildman–Crippen MR) is 78.7 cm³/mol. The second-order valence-electron chi connectivity index (χ2n) is 5.76. The Morgan fingerprint density at radius 2 is 2.10 bits per heavy atom. The zero-order chi connectivity index (χ0) is 14.9. The van der Waals surface area contributed by atoms with E-state index in [2.05, 4.69) is 15.6 Å². The molecule has 6 nitrogen and oxygen atoms in total. The van der Waals surface area contributed by atoms with Crippen LogP contribution in [0.5, 0.6) is 0 Å². The summed E-state index contributed by atoms with van der Waals surface area (Å²) in [6.07, 6.45) is 6.33. The van der Waals surface area contributed by atoms with Gasteiger partial charge in [-0.3, -0.25) is 9.69 Å². The normalized spacial score (nSPS) is 20.7. The van der Waals surface area contributed by atoms with Crippen molar-refractivity contribution in [3.63, 3.8) is 0 Å². The van der Waals surface area contributed by atoms with Gasteiger partial charge in [0.2, 0.25) is 0 Å². The van der Waals surface area contributed by atoms with E-state index in [-0.39, 0.29) is 11.9 Å². The highest BCUT2D eigenvalue weighted by Gasteiger charge is 2.51. The molecule has 0 radical (unpaired) electrons. The molecule has 1 aromatic rings. The number of pyridine rings is 1. The van der Waals surface area contributed by atoms with Gasteiger partial charge in [0.05, 0.1) is 6.54 Å². The van der Waals surface area contributed by atoms with Crippen LogP contribution in [0.25, 0.3) is 0 Å². The van der Waals surface area contributed by atoms with E-state index in [1.165, 1.54) is 4.90 Å². The molecular formula is C15H20N4O2. The minimum absolute atomic E-state index is 0.0741. The van der Waals surface area contributed by atoms with Crippen LogP contribution in [0.4, 0.5) is 10.6 Å². The average molecular weight is 288 g/mol. The number of imide groups is 1. The first kappa shape index (κ1) is 13.9. The van der Waals surface area contributed by atoms with Crippen molar-refractivity contribution in [3.05, 3.63) is 23.9 Å². The molecule has 2 aliphatic rings. The molecule has 3 amide bonds. The summed E-state index contributed by atoms with van der Waals surface area (Å²) in [5.74, 6) is 0.655. The number of hydrogen-bond acceptors (Lipinski definition) is 4. The van der Waals surface area contributed by atoms with Crippen LogP contribution >= 0.6 is 0 Å². The van der Waals surface area contributed by atoms with Gasteiger partial charge in [-0.1, -0.05) is 19.3 Å².